The molecule has 1 aromatic carbocycles. The van der Waals surface area contributed by atoms with Crippen molar-refractivity contribution in [2.75, 3.05) is 0 Å². The lowest BCUT2D eigenvalue weighted by molar-refractivity contribution is 0.756. The monoisotopic (exact) mass is 303 g/mol. The quantitative estimate of drug-likeness (QED) is 0.632. The summed E-state index contributed by atoms with van der Waals surface area (Å²) in [4.78, 5) is 12.2. The predicted octanol–water partition coefficient (Wildman–Crippen LogP) is 3.26. The summed E-state index contributed by atoms with van der Waals surface area (Å²) >= 11 is 0. The SMILES string of the molecule is Cc1nn(C)cc1-c1cc2c(Cc3ccccc3)ncnc2[nH]1. The summed E-state index contributed by atoms with van der Waals surface area (Å²) in [6.07, 6.45) is 4.44. The van der Waals surface area contributed by atoms with E-state index in [0.29, 0.717) is 0 Å². The third-order valence-corrected chi connectivity index (χ3v) is 4.03. The molecule has 0 unspecified atom stereocenters. The lowest BCUT2D eigenvalue weighted by Crippen LogP contribution is -1.93. The fraction of sp³-hybridized carbons (Fsp3) is 0.167. The summed E-state index contributed by atoms with van der Waals surface area (Å²) in [5, 5.41) is 5.47. The van der Waals surface area contributed by atoms with Crippen LogP contribution in [0, 0.1) is 6.92 Å². The minimum Gasteiger partial charge on any atom is -0.339 e. The molecule has 0 aliphatic carbocycles. The summed E-state index contributed by atoms with van der Waals surface area (Å²) in [5.74, 6) is 0. The molecule has 0 fully saturated rings. The number of fused-ring (bicyclic) bond motifs is 1. The largest absolute Gasteiger partial charge is 0.339 e. The Balaban J connectivity index is 1.80. The highest BCUT2D eigenvalue weighted by Gasteiger charge is 2.13. The first-order valence-corrected chi connectivity index (χ1v) is 7.58. The van der Waals surface area contributed by atoms with E-state index < -0.39 is 0 Å². The number of nitrogens with one attached hydrogen (secondary N) is 1. The molecule has 0 saturated carbocycles. The average Bonchev–Trinajstić information content (AvgIpc) is 3.12. The van der Waals surface area contributed by atoms with Gasteiger partial charge in [0, 0.05) is 30.6 Å². The predicted molar refractivity (Wildman–Crippen MR) is 90.1 cm³/mol. The molecule has 114 valence electrons. The Bertz CT molecular complexity index is 966. The van der Waals surface area contributed by atoms with Crippen LogP contribution in [0.25, 0.3) is 22.3 Å². The highest BCUT2D eigenvalue weighted by molar-refractivity contribution is 5.85. The molecular weight excluding hydrogens is 286 g/mol. The van der Waals surface area contributed by atoms with Crippen LogP contribution in [0.15, 0.2) is 48.9 Å². The second kappa shape index (κ2) is 5.35. The van der Waals surface area contributed by atoms with Gasteiger partial charge in [-0.2, -0.15) is 5.10 Å². The Labute approximate surface area is 134 Å². The van der Waals surface area contributed by atoms with Crippen molar-refractivity contribution in [1.82, 2.24) is 24.7 Å². The number of rotatable bonds is 3. The van der Waals surface area contributed by atoms with E-state index in [-0.39, 0.29) is 0 Å². The molecule has 1 N–H and O–H groups in total. The number of aryl methyl sites for hydroxylation is 2. The molecule has 4 aromatic rings. The van der Waals surface area contributed by atoms with Crippen molar-refractivity contribution < 1.29 is 0 Å². The van der Waals surface area contributed by atoms with Crippen LogP contribution in [0.5, 0.6) is 0 Å². The fourth-order valence-corrected chi connectivity index (χ4v) is 2.93. The zero-order chi connectivity index (χ0) is 15.8. The van der Waals surface area contributed by atoms with Gasteiger partial charge in [-0.05, 0) is 18.6 Å². The van der Waals surface area contributed by atoms with Crippen LogP contribution < -0.4 is 0 Å². The lowest BCUT2D eigenvalue weighted by Gasteiger charge is -2.01. The fourth-order valence-electron chi connectivity index (χ4n) is 2.93. The minimum atomic E-state index is 0.795. The van der Waals surface area contributed by atoms with Crippen LogP contribution >= 0.6 is 0 Å². The van der Waals surface area contributed by atoms with Gasteiger partial charge in [0.25, 0.3) is 0 Å². The molecule has 4 rings (SSSR count). The van der Waals surface area contributed by atoms with Gasteiger partial charge in [-0.25, -0.2) is 9.97 Å². The van der Waals surface area contributed by atoms with Crippen molar-refractivity contribution in [2.45, 2.75) is 13.3 Å². The molecule has 0 radical (unpaired) electrons. The number of H-pyrrole nitrogens is 1. The summed E-state index contributed by atoms with van der Waals surface area (Å²) in [6, 6.07) is 12.5. The molecule has 0 atom stereocenters. The first kappa shape index (κ1) is 13.7. The Morgan fingerprint density at radius 3 is 2.70 bits per heavy atom. The van der Waals surface area contributed by atoms with Gasteiger partial charge in [0.1, 0.15) is 12.0 Å². The van der Waals surface area contributed by atoms with Crippen molar-refractivity contribution in [2.24, 2.45) is 7.05 Å². The molecule has 0 aliphatic rings. The minimum absolute atomic E-state index is 0.795. The topological polar surface area (TPSA) is 59.4 Å². The van der Waals surface area contributed by atoms with Crippen molar-refractivity contribution >= 4 is 11.0 Å². The lowest BCUT2D eigenvalue weighted by atomic mass is 10.1. The molecule has 0 amide bonds. The third-order valence-electron chi connectivity index (χ3n) is 4.03. The smallest absolute Gasteiger partial charge is 0.141 e. The summed E-state index contributed by atoms with van der Waals surface area (Å²) in [5.41, 5.74) is 6.26. The maximum atomic E-state index is 4.48. The molecular formula is C18H17N5. The van der Waals surface area contributed by atoms with E-state index in [1.54, 1.807) is 6.33 Å². The maximum absolute atomic E-state index is 4.48. The second-order valence-electron chi connectivity index (χ2n) is 5.73. The van der Waals surface area contributed by atoms with E-state index in [1.807, 2.05) is 30.9 Å². The van der Waals surface area contributed by atoms with Crippen molar-refractivity contribution in [3.05, 3.63) is 65.9 Å². The summed E-state index contributed by atoms with van der Waals surface area (Å²) in [6.45, 7) is 2.01. The van der Waals surface area contributed by atoms with E-state index in [1.165, 1.54) is 5.56 Å². The van der Waals surface area contributed by atoms with Gasteiger partial charge in [-0.1, -0.05) is 30.3 Å². The molecule has 3 heterocycles. The van der Waals surface area contributed by atoms with E-state index in [4.69, 9.17) is 0 Å². The molecule has 5 nitrogen and oxygen atoms in total. The highest BCUT2D eigenvalue weighted by Crippen LogP contribution is 2.27. The molecule has 0 spiro atoms. The van der Waals surface area contributed by atoms with E-state index in [0.717, 1.165) is 40.1 Å². The normalized spacial score (nSPS) is 11.2. The molecule has 3 aromatic heterocycles. The van der Waals surface area contributed by atoms with E-state index >= 15 is 0 Å². The molecule has 0 aliphatic heterocycles. The van der Waals surface area contributed by atoms with Crippen LogP contribution in [0.1, 0.15) is 17.0 Å². The van der Waals surface area contributed by atoms with Crippen LogP contribution in [0.2, 0.25) is 0 Å². The van der Waals surface area contributed by atoms with Gasteiger partial charge in [-0.15, -0.1) is 0 Å². The zero-order valence-electron chi connectivity index (χ0n) is 13.1. The standard InChI is InChI=1S/C18H17N5/c1-12-15(10-23(2)22-12)17-9-14-16(19-11-20-18(14)21-17)8-13-6-4-3-5-7-13/h3-7,9-11H,8H2,1-2H3,(H,19,20,21). The Hall–Kier alpha value is -2.95. The van der Waals surface area contributed by atoms with Crippen molar-refractivity contribution in [3.63, 3.8) is 0 Å². The van der Waals surface area contributed by atoms with Gasteiger partial charge in [0.2, 0.25) is 0 Å². The molecule has 5 heteroatoms. The van der Waals surface area contributed by atoms with Crippen LogP contribution in [-0.4, -0.2) is 24.7 Å². The van der Waals surface area contributed by atoms with Gasteiger partial charge in [0.15, 0.2) is 0 Å². The molecule has 0 bridgehead atoms. The second-order valence-corrected chi connectivity index (χ2v) is 5.73. The van der Waals surface area contributed by atoms with Crippen molar-refractivity contribution in [3.8, 4) is 11.3 Å². The van der Waals surface area contributed by atoms with Crippen molar-refractivity contribution in [1.29, 1.82) is 0 Å². The van der Waals surface area contributed by atoms with Gasteiger partial charge in [0.05, 0.1) is 17.1 Å². The Kier molecular flexibility index (Phi) is 3.19. The number of aromatic nitrogens is 5. The van der Waals surface area contributed by atoms with Gasteiger partial charge >= 0.3 is 0 Å². The Morgan fingerprint density at radius 2 is 1.96 bits per heavy atom. The number of nitrogens with zero attached hydrogens (tertiary/aromatic N) is 4. The number of hydrogen-bond donors (Lipinski definition) is 1. The summed E-state index contributed by atoms with van der Waals surface area (Å²) < 4.78 is 1.83. The van der Waals surface area contributed by atoms with E-state index in [9.17, 15) is 0 Å². The van der Waals surface area contributed by atoms with E-state index in [2.05, 4.69) is 50.4 Å². The number of aromatic amines is 1. The highest BCUT2D eigenvalue weighted by atomic mass is 15.2. The number of benzene rings is 1. The van der Waals surface area contributed by atoms with Crippen LogP contribution in [-0.2, 0) is 13.5 Å². The third kappa shape index (κ3) is 2.50. The van der Waals surface area contributed by atoms with Crippen LogP contribution in [0.4, 0.5) is 0 Å². The average molecular weight is 303 g/mol. The first-order chi connectivity index (χ1) is 11.2. The van der Waals surface area contributed by atoms with Gasteiger partial charge < -0.3 is 4.98 Å². The Morgan fingerprint density at radius 1 is 1.13 bits per heavy atom. The van der Waals surface area contributed by atoms with Gasteiger partial charge in [-0.3, -0.25) is 4.68 Å². The summed E-state index contributed by atoms with van der Waals surface area (Å²) in [7, 11) is 1.93. The number of hydrogen-bond acceptors (Lipinski definition) is 3. The molecule has 0 saturated heterocycles. The molecule has 23 heavy (non-hydrogen) atoms. The van der Waals surface area contributed by atoms with Crippen LogP contribution in [0.3, 0.4) is 0 Å². The zero-order valence-corrected chi connectivity index (χ0v) is 13.1. The first-order valence-electron chi connectivity index (χ1n) is 7.58. The maximum Gasteiger partial charge on any atom is 0.141 e.